The van der Waals surface area contributed by atoms with Crippen LogP contribution in [0.2, 0.25) is 0 Å². The molecule has 5 heteroatoms. The first-order valence-electron chi connectivity index (χ1n) is 7.74. The van der Waals surface area contributed by atoms with Gasteiger partial charge in [0.15, 0.2) is 0 Å². The van der Waals surface area contributed by atoms with Crippen LogP contribution >= 0.6 is 0 Å². The summed E-state index contributed by atoms with van der Waals surface area (Å²) in [7, 11) is 3.32. The zero-order valence-electron chi connectivity index (χ0n) is 14.0. The van der Waals surface area contributed by atoms with Crippen LogP contribution in [0.4, 0.5) is 11.4 Å². The lowest BCUT2D eigenvalue weighted by Crippen LogP contribution is -2.50. The van der Waals surface area contributed by atoms with Crippen molar-refractivity contribution >= 4 is 23.2 Å². The molecule has 0 atom stereocenters. The van der Waals surface area contributed by atoms with Crippen molar-refractivity contribution in [2.45, 2.75) is 33.6 Å². The third kappa shape index (κ3) is 2.16. The van der Waals surface area contributed by atoms with Gasteiger partial charge in [0.1, 0.15) is 11.2 Å². The van der Waals surface area contributed by atoms with Gasteiger partial charge in [-0.2, -0.15) is 0 Å². The van der Waals surface area contributed by atoms with Crippen molar-refractivity contribution in [2.75, 3.05) is 30.5 Å². The van der Waals surface area contributed by atoms with Gasteiger partial charge < -0.3 is 14.5 Å². The summed E-state index contributed by atoms with van der Waals surface area (Å²) in [5, 5.41) is 0. The second-order valence-corrected chi connectivity index (χ2v) is 5.56. The Hall–Kier alpha value is -2.04. The van der Waals surface area contributed by atoms with Gasteiger partial charge in [0.05, 0.1) is 18.5 Å². The molecule has 1 heterocycles. The van der Waals surface area contributed by atoms with Gasteiger partial charge in [0.2, 0.25) is 11.8 Å². The number of rotatable bonds is 4. The minimum Gasteiger partial charge on any atom is -0.497 e. The number of carbonyl (C=O) groups excluding carboxylic acids is 2. The van der Waals surface area contributed by atoms with E-state index in [4.69, 9.17) is 4.74 Å². The minimum atomic E-state index is -0.989. The summed E-state index contributed by atoms with van der Waals surface area (Å²) in [6, 6.07) is 5.48. The number of fused-ring (bicyclic) bond motifs is 1. The molecule has 0 spiro atoms. The number of carbonyl (C=O) groups is 2. The number of hydrogen-bond acceptors (Lipinski definition) is 3. The second-order valence-electron chi connectivity index (χ2n) is 5.56. The Morgan fingerprint density at radius 1 is 1.05 bits per heavy atom. The number of amides is 2. The molecular formula is C17H24N2O3. The second kappa shape index (κ2) is 5.99. The summed E-state index contributed by atoms with van der Waals surface area (Å²) in [4.78, 5) is 29.4. The van der Waals surface area contributed by atoms with E-state index in [0.29, 0.717) is 30.8 Å². The van der Waals surface area contributed by atoms with Crippen LogP contribution in [0.15, 0.2) is 18.2 Å². The Labute approximate surface area is 131 Å². The number of methoxy groups -OCH3 is 1. The minimum absolute atomic E-state index is 0.110. The van der Waals surface area contributed by atoms with Crippen LogP contribution in [-0.2, 0) is 9.59 Å². The van der Waals surface area contributed by atoms with Crippen LogP contribution < -0.4 is 14.5 Å². The molecule has 2 amide bonds. The van der Waals surface area contributed by atoms with Gasteiger partial charge in [0, 0.05) is 19.7 Å². The number of anilines is 2. The molecule has 2 rings (SSSR count). The van der Waals surface area contributed by atoms with E-state index in [2.05, 4.69) is 0 Å². The molecule has 0 fully saturated rings. The van der Waals surface area contributed by atoms with Crippen LogP contribution in [0.5, 0.6) is 5.75 Å². The zero-order chi connectivity index (χ0) is 16.5. The number of hydrogen-bond donors (Lipinski definition) is 0. The van der Waals surface area contributed by atoms with Crippen molar-refractivity contribution in [3.05, 3.63) is 18.2 Å². The van der Waals surface area contributed by atoms with E-state index in [1.54, 1.807) is 24.0 Å². The fraction of sp³-hybridized carbons (Fsp3) is 0.529. The number of ether oxygens (including phenoxy) is 1. The van der Waals surface area contributed by atoms with E-state index in [-0.39, 0.29) is 11.8 Å². The van der Waals surface area contributed by atoms with Crippen molar-refractivity contribution < 1.29 is 14.3 Å². The van der Waals surface area contributed by atoms with Gasteiger partial charge in [-0.25, -0.2) is 0 Å². The highest BCUT2D eigenvalue weighted by Crippen LogP contribution is 2.42. The lowest BCUT2D eigenvalue weighted by molar-refractivity contribution is -0.140. The topological polar surface area (TPSA) is 49.9 Å². The molecule has 0 radical (unpaired) electrons. The lowest BCUT2D eigenvalue weighted by Gasteiger charge is -2.32. The normalized spacial score (nSPS) is 17.3. The van der Waals surface area contributed by atoms with Gasteiger partial charge in [-0.15, -0.1) is 0 Å². The molecule has 1 aliphatic rings. The van der Waals surface area contributed by atoms with Crippen LogP contribution in [0.25, 0.3) is 0 Å². The SMILES string of the molecule is CCN1C(=O)C(CC)(CC)C(=O)N(C)c2cc(OC)ccc21. The Morgan fingerprint density at radius 2 is 1.68 bits per heavy atom. The van der Waals surface area contributed by atoms with Gasteiger partial charge in [0.25, 0.3) is 0 Å². The maximum atomic E-state index is 13.1. The average molecular weight is 304 g/mol. The van der Waals surface area contributed by atoms with E-state index < -0.39 is 5.41 Å². The lowest BCUT2D eigenvalue weighted by atomic mass is 9.79. The summed E-state index contributed by atoms with van der Waals surface area (Å²) >= 11 is 0. The van der Waals surface area contributed by atoms with Crippen LogP contribution in [0.3, 0.4) is 0 Å². The summed E-state index contributed by atoms with van der Waals surface area (Å²) in [6.45, 7) is 6.26. The van der Waals surface area contributed by atoms with Crippen LogP contribution in [-0.4, -0.2) is 32.5 Å². The summed E-state index contributed by atoms with van der Waals surface area (Å²) in [5.74, 6) is 0.413. The van der Waals surface area contributed by atoms with Gasteiger partial charge in [-0.3, -0.25) is 9.59 Å². The Kier molecular flexibility index (Phi) is 4.44. The first kappa shape index (κ1) is 16.3. The van der Waals surface area contributed by atoms with Crippen molar-refractivity contribution in [3.63, 3.8) is 0 Å². The first-order valence-corrected chi connectivity index (χ1v) is 7.74. The summed E-state index contributed by atoms with van der Waals surface area (Å²) < 4.78 is 5.26. The van der Waals surface area contributed by atoms with E-state index >= 15 is 0 Å². The molecule has 1 aliphatic heterocycles. The van der Waals surface area contributed by atoms with Crippen LogP contribution in [0, 0.1) is 5.41 Å². The maximum absolute atomic E-state index is 13.1. The van der Waals surface area contributed by atoms with Gasteiger partial charge >= 0.3 is 0 Å². The van der Waals surface area contributed by atoms with Crippen LogP contribution in [0.1, 0.15) is 33.6 Å². The number of nitrogens with zero attached hydrogens (tertiary/aromatic N) is 2. The maximum Gasteiger partial charge on any atom is 0.242 e. The third-order valence-electron chi connectivity index (χ3n) is 4.73. The third-order valence-corrected chi connectivity index (χ3v) is 4.73. The van der Waals surface area contributed by atoms with Crippen molar-refractivity contribution in [3.8, 4) is 5.75 Å². The Bertz CT molecular complexity index is 594. The quantitative estimate of drug-likeness (QED) is 0.804. The highest BCUT2D eigenvalue weighted by molar-refractivity contribution is 6.20. The molecule has 1 aromatic carbocycles. The fourth-order valence-electron chi connectivity index (χ4n) is 3.19. The Morgan fingerprint density at radius 3 is 2.18 bits per heavy atom. The van der Waals surface area contributed by atoms with Gasteiger partial charge in [-0.05, 0) is 31.9 Å². The molecule has 0 saturated carbocycles. The molecule has 0 unspecified atom stereocenters. The van der Waals surface area contributed by atoms with E-state index in [0.717, 1.165) is 5.69 Å². The molecule has 5 nitrogen and oxygen atoms in total. The van der Waals surface area contributed by atoms with Gasteiger partial charge in [-0.1, -0.05) is 13.8 Å². The molecule has 120 valence electrons. The molecule has 0 aromatic heterocycles. The van der Waals surface area contributed by atoms with Crippen molar-refractivity contribution in [1.29, 1.82) is 0 Å². The van der Waals surface area contributed by atoms with Crippen molar-refractivity contribution in [1.82, 2.24) is 0 Å². The molecule has 1 aromatic rings. The monoisotopic (exact) mass is 304 g/mol. The standard InChI is InChI=1S/C17H24N2O3/c1-6-17(7-2)15(20)18(4)14-11-12(22-5)9-10-13(14)19(8-3)16(17)21/h9-11H,6-8H2,1-5H3. The highest BCUT2D eigenvalue weighted by Gasteiger charge is 2.49. The largest absolute Gasteiger partial charge is 0.497 e. The predicted octanol–water partition coefficient (Wildman–Crippen LogP) is 2.83. The smallest absolute Gasteiger partial charge is 0.242 e. The van der Waals surface area contributed by atoms with E-state index in [1.165, 1.54) is 0 Å². The first-order chi connectivity index (χ1) is 10.5. The molecule has 0 N–H and O–H groups in total. The van der Waals surface area contributed by atoms with E-state index in [1.807, 2.05) is 39.0 Å². The highest BCUT2D eigenvalue weighted by atomic mass is 16.5. The summed E-state index contributed by atoms with van der Waals surface area (Å²) in [5.41, 5.74) is 0.480. The Balaban J connectivity index is 2.71. The van der Waals surface area contributed by atoms with E-state index in [9.17, 15) is 9.59 Å². The molecule has 22 heavy (non-hydrogen) atoms. The average Bonchev–Trinajstić information content (AvgIpc) is 2.61. The molecular weight excluding hydrogens is 280 g/mol. The number of benzene rings is 1. The zero-order valence-corrected chi connectivity index (χ0v) is 14.0. The fourth-order valence-corrected chi connectivity index (χ4v) is 3.19. The van der Waals surface area contributed by atoms with Crippen molar-refractivity contribution in [2.24, 2.45) is 5.41 Å². The molecule has 0 bridgehead atoms. The molecule has 0 aliphatic carbocycles. The molecule has 0 saturated heterocycles. The summed E-state index contributed by atoms with van der Waals surface area (Å²) in [6.07, 6.45) is 0.986. The predicted molar refractivity (Wildman–Crippen MR) is 87.4 cm³/mol.